The minimum Gasteiger partial charge on any atom is -0.477 e. The zero-order valence-electron chi connectivity index (χ0n) is 25.6. The lowest BCUT2D eigenvalue weighted by Gasteiger charge is -2.33. The van der Waals surface area contributed by atoms with Crippen LogP contribution in [-0.2, 0) is 10.0 Å². The number of aromatic nitrogens is 4. The van der Waals surface area contributed by atoms with Crippen LogP contribution in [0.5, 0.6) is 5.88 Å². The molecule has 2 aliphatic heterocycles. The van der Waals surface area contributed by atoms with Gasteiger partial charge in [0.2, 0.25) is 5.88 Å². The topological polar surface area (TPSA) is 123 Å². The number of amides is 1. The van der Waals surface area contributed by atoms with Crippen molar-refractivity contribution in [1.29, 1.82) is 0 Å². The molecule has 1 N–H and O–H groups in total. The Morgan fingerprint density at radius 2 is 1.82 bits per heavy atom. The Labute approximate surface area is 259 Å². The van der Waals surface area contributed by atoms with E-state index in [4.69, 9.17) is 9.72 Å². The molecule has 5 heterocycles. The Balaban J connectivity index is 1.20. The summed E-state index contributed by atoms with van der Waals surface area (Å²) in [4.78, 5) is 27.3. The zero-order valence-corrected chi connectivity index (χ0v) is 26.5. The van der Waals surface area contributed by atoms with Crippen molar-refractivity contribution in [3.8, 4) is 11.7 Å². The van der Waals surface area contributed by atoms with Crippen LogP contribution in [0, 0.1) is 17.8 Å². The minimum atomic E-state index is -4.22. The summed E-state index contributed by atoms with van der Waals surface area (Å²) in [6.45, 7) is 8.32. The molecule has 0 radical (unpaired) electrons. The molecule has 3 aromatic rings. The van der Waals surface area contributed by atoms with Gasteiger partial charge in [0.1, 0.15) is 11.6 Å². The monoisotopic (exact) mass is 619 g/mol. The third-order valence-corrected chi connectivity index (χ3v) is 10.8. The quantitative estimate of drug-likeness (QED) is 0.367. The Hall–Kier alpha value is -3.67. The molecule has 3 fully saturated rings. The van der Waals surface area contributed by atoms with Crippen molar-refractivity contribution < 1.29 is 17.9 Å². The first-order valence-corrected chi connectivity index (χ1v) is 17.4. The molecule has 7 rings (SSSR count). The molecule has 1 saturated heterocycles. The summed E-state index contributed by atoms with van der Waals surface area (Å²) in [5.41, 5.74) is -0.195. The molecule has 4 aliphatic rings. The maximum absolute atomic E-state index is 13.6. The Morgan fingerprint density at radius 1 is 1.05 bits per heavy atom. The number of carbonyl (C=O) groups is 1. The molecule has 4 bridgehead atoms. The molecule has 1 amide bonds. The Morgan fingerprint density at radius 3 is 2.55 bits per heavy atom. The number of anilines is 2. The van der Waals surface area contributed by atoms with Crippen molar-refractivity contribution in [2.45, 2.75) is 82.3 Å². The van der Waals surface area contributed by atoms with Gasteiger partial charge in [-0.1, -0.05) is 13.0 Å². The van der Waals surface area contributed by atoms with Gasteiger partial charge in [0.25, 0.3) is 15.9 Å². The highest BCUT2D eigenvalue weighted by molar-refractivity contribution is 7.90. The summed E-state index contributed by atoms with van der Waals surface area (Å²) in [5.74, 6) is 3.87. The summed E-state index contributed by atoms with van der Waals surface area (Å²) in [6, 6.07) is 10.1. The lowest BCUT2D eigenvalue weighted by molar-refractivity contribution is 0.0981. The number of fused-ring (bicyclic) bond motifs is 6. The number of ether oxygens (including phenoxy) is 1. The number of hydrogen-bond donors (Lipinski definition) is 1. The van der Waals surface area contributed by atoms with Gasteiger partial charge in [0, 0.05) is 30.9 Å². The molecule has 3 aromatic heterocycles. The van der Waals surface area contributed by atoms with Gasteiger partial charge in [-0.25, -0.2) is 19.4 Å². The fourth-order valence-corrected chi connectivity index (χ4v) is 8.05. The highest BCUT2D eigenvalue weighted by Crippen LogP contribution is 2.50. The second kappa shape index (κ2) is 11.0. The largest absolute Gasteiger partial charge is 0.477 e. The van der Waals surface area contributed by atoms with E-state index in [0.717, 1.165) is 43.6 Å². The van der Waals surface area contributed by atoms with E-state index in [2.05, 4.69) is 45.4 Å². The highest BCUT2D eigenvalue weighted by atomic mass is 32.2. The molecule has 44 heavy (non-hydrogen) atoms. The van der Waals surface area contributed by atoms with Crippen molar-refractivity contribution in [1.82, 2.24) is 24.5 Å². The van der Waals surface area contributed by atoms with Crippen molar-refractivity contribution in [2.24, 2.45) is 17.8 Å². The lowest BCUT2D eigenvalue weighted by atomic mass is 9.95. The van der Waals surface area contributed by atoms with Crippen LogP contribution in [0.3, 0.4) is 0 Å². The molecule has 234 valence electrons. The fourth-order valence-electron chi connectivity index (χ4n) is 7.12. The van der Waals surface area contributed by atoms with Crippen molar-refractivity contribution in [3.05, 3.63) is 48.2 Å². The first-order chi connectivity index (χ1) is 21.1. The summed E-state index contributed by atoms with van der Waals surface area (Å²) in [7, 11) is -4.22. The standard InChI is InChI=1S/C32H41N7O4S/c1-4-16-37-23-19-32(2,3)38(20-23)30-25(31(40)36-44(41,42)29-7-5-6-26(37)33-29)12-13-27(34-30)39-17-14-28(35-39)43-18-15-24(21-8-9-21)22-10-11-22/h5-7,12-14,17,21-24H,4,8-11,15-16,18-20H2,1-3H3,(H,36,40)/t23-/m1/s1. The fraction of sp³-hybridized carbons (Fsp3) is 0.562. The van der Waals surface area contributed by atoms with Gasteiger partial charge in [-0.2, -0.15) is 8.42 Å². The lowest BCUT2D eigenvalue weighted by Crippen LogP contribution is -2.42. The van der Waals surface area contributed by atoms with E-state index < -0.39 is 15.9 Å². The number of pyridine rings is 2. The normalized spacial score (nSPS) is 22.3. The number of carbonyl (C=O) groups excluding carboxylic acids is 1. The molecule has 0 unspecified atom stereocenters. The third-order valence-electron chi connectivity index (χ3n) is 9.59. The molecule has 0 spiro atoms. The first kappa shape index (κ1) is 29.1. The average molecular weight is 620 g/mol. The minimum absolute atomic E-state index is 0.0380. The van der Waals surface area contributed by atoms with Crippen LogP contribution in [0.2, 0.25) is 0 Å². The van der Waals surface area contributed by atoms with E-state index in [0.29, 0.717) is 36.5 Å². The second-order valence-corrected chi connectivity index (χ2v) is 15.0. The van der Waals surface area contributed by atoms with Crippen LogP contribution in [0.4, 0.5) is 11.6 Å². The van der Waals surface area contributed by atoms with Crippen molar-refractivity contribution in [3.63, 3.8) is 0 Å². The molecule has 12 heteroatoms. The average Bonchev–Trinajstić information content (AvgIpc) is 3.93. The maximum atomic E-state index is 13.6. The van der Waals surface area contributed by atoms with Crippen molar-refractivity contribution >= 4 is 27.6 Å². The predicted molar refractivity (Wildman–Crippen MR) is 167 cm³/mol. The molecule has 11 nitrogen and oxygen atoms in total. The molecular formula is C32H41N7O4S. The number of rotatable bonds is 9. The van der Waals surface area contributed by atoms with Gasteiger partial charge >= 0.3 is 0 Å². The van der Waals surface area contributed by atoms with E-state index in [9.17, 15) is 13.2 Å². The van der Waals surface area contributed by atoms with E-state index in [1.54, 1.807) is 22.9 Å². The molecule has 2 saturated carbocycles. The van der Waals surface area contributed by atoms with Crippen LogP contribution < -0.4 is 19.3 Å². The molecular weight excluding hydrogens is 578 g/mol. The summed E-state index contributed by atoms with van der Waals surface area (Å²) >= 11 is 0. The van der Waals surface area contributed by atoms with Crippen LogP contribution in [0.15, 0.2) is 47.6 Å². The second-order valence-electron chi connectivity index (χ2n) is 13.4. The van der Waals surface area contributed by atoms with Gasteiger partial charge < -0.3 is 14.5 Å². The van der Waals surface area contributed by atoms with Crippen LogP contribution in [0.25, 0.3) is 5.82 Å². The summed E-state index contributed by atoms with van der Waals surface area (Å²) in [5, 5.41) is 4.46. The number of nitrogens with zero attached hydrogens (tertiary/aromatic N) is 6. The smallest absolute Gasteiger partial charge is 0.281 e. The first-order valence-electron chi connectivity index (χ1n) is 15.9. The van der Waals surface area contributed by atoms with Gasteiger partial charge in [0.05, 0.1) is 18.2 Å². The molecule has 0 aromatic carbocycles. The third kappa shape index (κ3) is 5.64. The van der Waals surface area contributed by atoms with Crippen molar-refractivity contribution in [2.75, 3.05) is 29.5 Å². The Bertz CT molecular complexity index is 1650. The molecule has 2 aliphatic carbocycles. The SMILES string of the molecule is CCCN1c2cccc(n2)S(=O)(=O)NC(=O)c2ccc(-n3ccc(OCCC(C4CC4)C4CC4)n3)nc2N2C[C@H]1CC2(C)C. The Kier molecular flexibility index (Phi) is 7.30. The summed E-state index contributed by atoms with van der Waals surface area (Å²) < 4.78 is 36.5. The van der Waals surface area contributed by atoms with Crippen LogP contribution >= 0.6 is 0 Å². The van der Waals surface area contributed by atoms with Gasteiger partial charge in [-0.15, -0.1) is 5.10 Å². The van der Waals surface area contributed by atoms with Crippen LogP contribution in [-0.4, -0.2) is 65.4 Å². The number of sulfonamides is 1. The summed E-state index contributed by atoms with van der Waals surface area (Å²) in [6.07, 6.45) is 9.96. The van der Waals surface area contributed by atoms with E-state index >= 15 is 0 Å². The maximum Gasteiger partial charge on any atom is 0.281 e. The zero-order chi connectivity index (χ0) is 30.6. The van der Waals surface area contributed by atoms with E-state index in [1.165, 1.54) is 31.7 Å². The highest BCUT2D eigenvalue weighted by Gasteiger charge is 2.44. The molecule has 1 atom stereocenters. The van der Waals surface area contributed by atoms with E-state index in [-0.39, 0.29) is 22.2 Å². The van der Waals surface area contributed by atoms with E-state index in [1.807, 2.05) is 18.3 Å². The number of nitrogens with one attached hydrogen (secondary N) is 1. The predicted octanol–water partition coefficient (Wildman–Crippen LogP) is 4.57. The van der Waals surface area contributed by atoms with Gasteiger partial charge in [-0.3, -0.25) is 4.79 Å². The number of hydrogen-bond acceptors (Lipinski definition) is 9. The van der Waals surface area contributed by atoms with Gasteiger partial charge in [0.15, 0.2) is 10.8 Å². The van der Waals surface area contributed by atoms with Crippen LogP contribution in [0.1, 0.15) is 76.1 Å². The van der Waals surface area contributed by atoms with Gasteiger partial charge in [-0.05, 0) is 101 Å².